The van der Waals surface area contributed by atoms with E-state index in [2.05, 4.69) is 11.9 Å². The molecule has 100 valence electrons. The summed E-state index contributed by atoms with van der Waals surface area (Å²) in [5.74, 6) is -0.999. The third-order valence-corrected chi connectivity index (χ3v) is 3.33. The number of nitrogens with one attached hydrogen (secondary N) is 1. The standard InChI is InChI=1S/C14H15ClN2O2/c1-2-8-16-13(18)12-7-9-17(14(12)19)11-5-3-10(15)4-6-11/h2-6,12H,1,7-9H2,(H,16,18). The van der Waals surface area contributed by atoms with Crippen molar-refractivity contribution in [2.45, 2.75) is 6.42 Å². The number of benzene rings is 1. The van der Waals surface area contributed by atoms with Gasteiger partial charge < -0.3 is 10.2 Å². The van der Waals surface area contributed by atoms with E-state index in [9.17, 15) is 9.59 Å². The molecule has 1 aliphatic heterocycles. The van der Waals surface area contributed by atoms with Gasteiger partial charge in [-0.1, -0.05) is 17.7 Å². The summed E-state index contributed by atoms with van der Waals surface area (Å²) < 4.78 is 0. The Balaban J connectivity index is 2.07. The molecule has 1 aromatic rings. The molecule has 1 unspecified atom stereocenters. The predicted molar refractivity (Wildman–Crippen MR) is 75.1 cm³/mol. The number of halogens is 1. The maximum Gasteiger partial charge on any atom is 0.239 e. The van der Waals surface area contributed by atoms with Gasteiger partial charge in [-0.2, -0.15) is 0 Å². The van der Waals surface area contributed by atoms with E-state index in [0.717, 1.165) is 5.69 Å². The van der Waals surface area contributed by atoms with Gasteiger partial charge in [0.15, 0.2) is 0 Å². The molecule has 5 heteroatoms. The van der Waals surface area contributed by atoms with Crippen LogP contribution in [0.25, 0.3) is 0 Å². The summed E-state index contributed by atoms with van der Waals surface area (Å²) in [7, 11) is 0. The lowest BCUT2D eigenvalue weighted by molar-refractivity contribution is -0.131. The Morgan fingerprint density at radius 1 is 1.47 bits per heavy atom. The summed E-state index contributed by atoms with van der Waals surface area (Å²) in [5, 5.41) is 3.28. The topological polar surface area (TPSA) is 49.4 Å². The van der Waals surface area contributed by atoms with E-state index in [4.69, 9.17) is 11.6 Å². The molecule has 1 aromatic carbocycles. The maximum atomic E-state index is 12.2. The number of anilines is 1. The molecule has 0 spiro atoms. The summed E-state index contributed by atoms with van der Waals surface area (Å²) in [6.07, 6.45) is 2.12. The third kappa shape index (κ3) is 2.96. The van der Waals surface area contributed by atoms with Gasteiger partial charge in [0, 0.05) is 23.8 Å². The zero-order valence-electron chi connectivity index (χ0n) is 10.4. The molecule has 1 heterocycles. The minimum Gasteiger partial charge on any atom is -0.352 e. The molecule has 0 radical (unpaired) electrons. The Hall–Kier alpha value is -1.81. The first kappa shape index (κ1) is 13.6. The molecule has 1 fully saturated rings. The highest BCUT2D eigenvalue weighted by atomic mass is 35.5. The van der Waals surface area contributed by atoms with Crippen molar-refractivity contribution in [2.75, 3.05) is 18.0 Å². The minimum atomic E-state index is -0.601. The quantitative estimate of drug-likeness (QED) is 0.676. The van der Waals surface area contributed by atoms with Crippen LogP contribution in [0.2, 0.25) is 5.02 Å². The molecular weight excluding hydrogens is 264 g/mol. The summed E-state index contributed by atoms with van der Waals surface area (Å²) in [4.78, 5) is 25.6. The zero-order valence-corrected chi connectivity index (χ0v) is 11.2. The van der Waals surface area contributed by atoms with Crippen LogP contribution < -0.4 is 10.2 Å². The van der Waals surface area contributed by atoms with Gasteiger partial charge in [-0.3, -0.25) is 9.59 Å². The highest BCUT2D eigenvalue weighted by molar-refractivity contribution is 6.30. The zero-order chi connectivity index (χ0) is 13.8. The van der Waals surface area contributed by atoms with Crippen LogP contribution in [0.5, 0.6) is 0 Å². The van der Waals surface area contributed by atoms with Crippen LogP contribution in [0.3, 0.4) is 0 Å². The summed E-state index contributed by atoms with van der Waals surface area (Å²) in [6, 6.07) is 7.03. The molecule has 19 heavy (non-hydrogen) atoms. The molecule has 4 nitrogen and oxygen atoms in total. The van der Waals surface area contributed by atoms with E-state index in [-0.39, 0.29) is 11.8 Å². The van der Waals surface area contributed by atoms with E-state index in [1.165, 1.54) is 0 Å². The normalized spacial score (nSPS) is 18.5. The van der Waals surface area contributed by atoms with E-state index in [0.29, 0.717) is 24.5 Å². The lowest BCUT2D eigenvalue weighted by Crippen LogP contribution is -2.36. The van der Waals surface area contributed by atoms with Crippen LogP contribution in [-0.4, -0.2) is 24.9 Å². The highest BCUT2D eigenvalue weighted by Gasteiger charge is 2.37. The Labute approximate surface area is 117 Å². The number of carbonyl (C=O) groups excluding carboxylic acids is 2. The Morgan fingerprint density at radius 2 is 2.16 bits per heavy atom. The van der Waals surface area contributed by atoms with Gasteiger partial charge in [-0.05, 0) is 30.7 Å². The fourth-order valence-corrected chi connectivity index (χ4v) is 2.22. The number of rotatable bonds is 4. The fourth-order valence-electron chi connectivity index (χ4n) is 2.10. The van der Waals surface area contributed by atoms with Crippen LogP contribution in [0.4, 0.5) is 5.69 Å². The average molecular weight is 279 g/mol. The predicted octanol–water partition coefficient (Wildman–Crippen LogP) is 2.00. The van der Waals surface area contributed by atoms with Gasteiger partial charge in [-0.25, -0.2) is 0 Å². The second kappa shape index (κ2) is 5.89. The fraction of sp³-hybridized carbons (Fsp3) is 0.286. The Morgan fingerprint density at radius 3 is 2.79 bits per heavy atom. The molecule has 0 aliphatic carbocycles. The number of carbonyl (C=O) groups is 2. The second-order valence-corrected chi connectivity index (χ2v) is 4.78. The Bertz CT molecular complexity index is 499. The molecule has 1 N–H and O–H groups in total. The highest BCUT2D eigenvalue weighted by Crippen LogP contribution is 2.26. The lowest BCUT2D eigenvalue weighted by atomic mass is 10.1. The molecule has 0 bridgehead atoms. The van der Waals surface area contributed by atoms with Crippen LogP contribution in [0, 0.1) is 5.92 Å². The number of hydrogen-bond donors (Lipinski definition) is 1. The smallest absolute Gasteiger partial charge is 0.239 e. The van der Waals surface area contributed by atoms with Crippen LogP contribution in [0.1, 0.15) is 6.42 Å². The van der Waals surface area contributed by atoms with Crippen LogP contribution in [0.15, 0.2) is 36.9 Å². The summed E-state index contributed by atoms with van der Waals surface area (Å²) >= 11 is 5.81. The van der Waals surface area contributed by atoms with Crippen LogP contribution >= 0.6 is 11.6 Å². The van der Waals surface area contributed by atoms with Crippen molar-refractivity contribution >= 4 is 29.1 Å². The monoisotopic (exact) mass is 278 g/mol. The van der Waals surface area contributed by atoms with Crippen molar-refractivity contribution in [3.63, 3.8) is 0 Å². The summed E-state index contributed by atoms with van der Waals surface area (Å²) in [5.41, 5.74) is 0.772. The number of nitrogens with zero attached hydrogens (tertiary/aromatic N) is 1. The molecular formula is C14H15ClN2O2. The average Bonchev–Trinajstić information content (AvgIpc) is 2.79. The van der Waals surface area contributed by atoms with Crippen LogP contribution in [-0.2, 0) is 9.59 Å². The van der Waals surface area contributed by atoms with Crippen molar-refractivity contribution in [3.05, 3.63) is 41.9 Å². The van der Waals surface area contributed by atoms with Gasteiger partial charge in [0.2, 0.25) is 11.8 Å². The van der Waals surface area contributed by atoms with E-state index < -0.39 is 5.92 Å². The molecule has 2 amide bonds. The van der Waals surface area contributed by atoms with Crippen molar-refractivity contribution in [3.8, 4) is 0 Å². The van der Waals surface area contributed by atoms with Gasteiger partial charge in [0.25, 0.3) is 0 Å². The summed E-state index contributed by atoms with van der Waals surface area (Å²) in [6.45, 7) is 4.45. The largest absolute Gasteiger partial charge is 0.352 e. The minimum absolute atomic E-state index is 0.163. The number of hydrogen-bond acceptors (Lipinski definition) is 2. The van der Waals surface area contributed by atoms with E-state index >= 15 is 0 Å². The Kier molecular flexibility index (Phi) is 4.22. The molecule has 2 rings (SSSR count). The molecule has 1 atom stereocenters. The lowest BCUT2D eigenvalue weighted by Gasteiger charge is -2.16. The first-order valence-electron chi connectivity index (χ1n) is 6.09. The third-order valence-electron chi connectivity index (χ3n) is 3.08. The van der Waals surface area contributed by atoms with Gasteiger partial charge in [0.1, 0.15) is 5.92 Å². The molecule has 1 saturated heterocycles. The number of amides is 2. The van der Waals surface area contributed by atoms with E-state index in [1.807, 2.05) is 0 Å². The molecule has 1 aliphatic rings. The maximum absolute atomic E-state index is 12.2. The first-order valence-corrected chi connectivity index (χ1v) is 6.47. The van der Waals surface area contributed by atoms with Crippen molar-refractivity contribution in [1.29, 1.82) is 0 Å². The SMILES string of the molecule is C=CCNC(=O)C1CCN(c2ccc(Cl)cc2)C1=O. The van der Waals surface area contributed by atoms with E-state index in [1.54, 1.807) is 35.2 Å². The first-order chi connectivity index (χ1) is 9.13. The van der Waals surface area contributed by atoms with Gasteiger partial charge in [-0.15, -0.1) is 6.58 Å². The molecule has 0 aromatic heterocycles. The van der Waals surface area contributed by atoms with Gasteiger partial charge >= 0.3 is 0 Å². The second-order valence-electron chi connectivity index (χ2n) is 4.34. The van der Waals surface area contributed by atoms with Crippen molar-refractivity contribution in [1.82, 2.24) is 5.32 Å². The van der Waals surface area contributed by atoms with Gasteiger partial charge in [0.05, 0.1) is 0 Å². The van der Waals surface area contributed by atoms with Crippen molar-refractivity contribution < 1.29 is 9.59 Å². The van der Waals surface area contributed by atoms with Crippen molar-refractivity contribution in [2.24, 2.45) is 5.92 Å². The molecule has 0 saturated carbocycles.